The normalized spacial score (nSPS) is 40.7. The van der Waals surface area contributed by atoms with E-state index in [2.05, 4.69) is 11.7 Å². The van der Waals surface area contributed by atoms with Gasteiger partial charge in [0, 0.05) is 5.41 Å². The molecular weight excluding hydrogens is 318 g/mol. The van der Waals surface area contributed by atoms with Crippen molar-refractivity contribution < 1.29 is 31.3 Å². The van der Waals surface area contributed by atoms with E-state index in [-0.39, 0.29) is 17.4 Å². The Bertz CT molecular complexity index is 586. The van der Waals surface area contributed by atoms with Crippen molar-refractivity contribution in [3.63, 3.8) is 0 Å². The fourth-order valence-electron chi connectivity index (χ4n) is 5.50. The van der Waals surface area contributed by atoms with Crippen LogP contribution in [-0.4, -0.2) is 30.8 Å². The van der Waals surface area contributed by atoms with Crippen LogP contribution in [0, 0.1) is 22.7 Å². The Morgan fingerprint density at radius 3 is 2.27 bits per heavy atom. The largest absolute Gasteiger partial charge is 0.743 e. The highest BCUT2D eigenvalue weighted by molar-refractivity contribution is 7.87. The minimum Gasteiger partial charge on any atom is -0.743 e. The number of hydrogen-bond donors (Lipinski definition) is 0. The summed E-state index contributed by atoms with van der Waals surface area (Å²) >= 11 is 0. The number of rotatable bonds is 4. The molecule has 4 rings (SSSR count). The molecule has 4 saturated carbocycles. The van der Waals surface area contributed by atoms with E-state index in [9.17, 15) is 26.5 Å². The molecule has 22 heavy (non-hydrogen) atoms. The van der Waals surface area contributed by atoms with Gasteiger partial charge in [-0.1, -0.05) is 6.92 Å². The van der Waals surface area contributed by atoms with Gasteiger partial charge < -0.3 is 9.29 Å². The van der Waals surface area contributed by atoms with E-state index in [1.54, 1.807) is 0 Å². The number of halogens is 2. The highest BCUT2D eigenvalue weighted by atomic mass is 32.2. The number of ether oxygens (including phenoxy) is 1. The topological polar surface area (TPSA) is 83.5 Å². The molecule has 2 unspecified atom stereocenters. The van der Waals surface area contributed by atoms with Gasteiger partial charge in [0.15, 0.2) is 10.1 Å². The Morgan fingerprint density at radius 2 is 1.82 bits per heavy atom. The van der Waals surface area contributed by atoms with E-state index >= 15 is 0 Å². The smallest absolute Gasteiger partial charge is 0.428 e. The molecule has 0 aliphatic heterocycles. The van der Waals surface area contributed by atoms with Crippen molar-refractivity contribution in [2.24, 2.45) is 22.7 Å². The summed E-state index contributed by atoms with van der Waals surface area (Å²) in [6.07, 6.45) is 5.81. The molecule has 0 radical (unpaired) electrons. The third kappa shape index (κ3) is 2.54. The zero-order chi connectivity index (χ0) is 16.4. The van der Waals surface area contributed by atoms with Crippen LogP contribution in [0.3, 0.4) is 0 Å². The molecule has 126 valence electrons. The highest BCUT2D eigenvalue weighted by Gasteiger charge is 2.57. The monoisotopic (exact) mass is 337 g/mol. The van der Waals surface area contributed by atoms with E-state index in [1.165, 1.54) is 0 Å². The summed E-state index contributed by atoms with van der Waals surface area (Å²) in [6.45, 7) is 1.96. The summed E-state index contributed by atoms with van der Waals surface area (Å²) in [5, 5.41) is -5.01. The van der Waals surface area contributed by atoms with E-state index in [0.29, 0.717) is 11.8 Å². The molecule has 0 N–H and O–H groups in total. The van der Waals surface area contributed by atoms with Gasteiger partial charge >= 0.3 is 11.2 Å². The van der Waals surface area contributed by atoms with Crippen LogP contribution in [0.15, 0.2) is 0 Å². The van der Waals surface area contributed by atoms with Gasteiger partial charge in [-0.15, -0.1) is 0 Å². The molecule has 8 heteroatoms. The van der Waals surface area contributed by atoms with Gasteiger partial charge in [-0.3, -0.25) is 0 Å². The molecule has 0 heterocycles. The van der Waals surface area contributed by atoms with Crippen LogP contribution in [0.1, 0.15) is 45.4 Å². The van der Waals surface area contributed by atoms with Crippen LogP contribution in [0.25, 0.3) is 0 Å². The van der Waals surface area contributed by atoms with Gasteiger partial charge in [0.05, 0.1) is 6.61 Å². The van der Waals surface area contributed by atoms with E-state index in [0.717, 1.165) is 38.5 Å². The molecule has 4 aliphatic carbocycles. The fourth-order valence-corrected chi connectivity index (χ4v) is 5.76. The third-order valence-electron chi connectivity index (χ3n) is 5.54. The summed E-state index contributed by atoms with van der Waals surface area (Å²) < 4.78 is 62.3. The van der Waals surface area contributed by atoms with Crippen LogP contribution in [0.5, 0.6) is 0 Å². The zero-order valence-electron chi connectivity index (χ0n) is 12.3. The molecular formula is C14H19F2O5S-. The van der Waals surface area contributed by atoms with Crippen molar-refractivity contribution in [2.45, 2.75) is 50.7 Å². The van der Waals surface area contributed by atoms with Crippen molar-refractivity contribution in [3.8, 4) is 0 Å². The van der Waals surface area contributed by atoms with Gasteiger partial charge in [0.1, 0.15) is 0 Å². The van der Waals surface area contributed by atoms with Crippen molar-refractivity contribution >= 4 is 16.1 Å². The van der Waals surface area contributed by atoms with Crippen molar-refractivity contribution in [1.82, 2.24) is 0 Å². The molecule has 0 spiro atoms. The summed E-state index contributed by atoms with van der Waals surface area (Å²) in [4.78, 5) is 11.3. The summed E-state index contributed by atoms with van der Waals surface area (Å²) in [5.41, 5.74) is -0.180. The molecule has 0 amide bonds. The number of hydrogen-bond acceptors (Lipinski definition) is 5. The average molecular weight is 337 g/mol. The average Bonchev–Trinajstić information content (AvgIpc) is 2.31. The highest BCUT2D eigenvalue weighted by Crippen LogP contribution is 2.65. The van der Waals surface area contributed by atoms with Crippen molar-refractivity contribution in [1.29, 1.82) is 0 Å². The van der Waals surface area contributed by atoms with E-state index in [1.807, 2.05) is 0 Å². The maximum atomic E-state index is 13.2. The second kappa shape index (κ2) is 4.63. The van der Waals surface area contributed by atoms with Crippen LogP contribution in [-0.2, 0) is 19.6 Å². The molecule has 0 aromatic carbocycles. The van der Waals surface area contributed by atoms with E-state index in [4.69, 9.17) is 0 Å². The molecule has 4 bridgehead atoms. The first-order valence-corrected chi connectivity index (χ1v) is 8.86. The van der Waals surface area contributed by atoms with Crippen molar-refractivity contribution in [3.05, 3.63) is 0 Å². The number of carbonyl (C=O) groups is 1. The number of carbonyl (C=O) groups excluding carboxylic acids is 1. The Balaban J connectivity index is 1.71. The molecule has 4 fully saturated rings. The second-order valence-electron chi connectivity index (χ2n) is 7.82. The second-order valence-corrected chi connectivity index (χ2v) is 9.24. The first-order chi connectivity index (χ1) is 9.95. The SMILES string of the molecule is CC12CC3CC(C1)CC(COC(=O)C(F)(F)S(=O)(=O)[O-])(C3)C2. The minimum atomic E-state index is -6.05. The van der Waals surface area contributed by atoms with Gasteiger partial charge in [-0.25, -0.2) is 13.2 Å². The zero-order valence-corrected chi connectivity index (χ0v) is 13.1. The molecule has 4 aliphatic rings. The van der Waals surface area contributed by atoms with Crippen LogP contribution >= 0.6 is 0 Å². The summed E-state index contributed by atoms with van der Waals surface area (Å²) in [7, 11) is -6.05. The molecule has 0 saturated heterocycles. The number of esters is 1. The van der Waals surface area contributed by atoms with Gasteiger partial charge in [0.25, 0.3) is 0 Å². The molecule has 0 aromatic heterocycles. The van der Waals surface area contributed by atoms with Crippen LogP contribution in [0.2, 0.25) is 0 Å². The fraction of sp³-hybridized carbons (Fsp3) is 0.929. The minimum absolute atomic E-state index is 0.156. The Labute approximate surface area is 128 Å². The predicted octanol–water partition coefficient (Wildman–Crippen LogP) is 2.27. The Hall–Kier alpha value is -0.760. The first-order valence-electron chi connectivity index (χ1n) is 7.45. The Kier molecular flexibility index (Phi) is 3.39. The number of alkyl halides is 2. The summed E-state index contributed by atoms with van der Waals surface area (Å²) in [6, 6.07) is 0. The van der Waals surface area contributed by atoms with Gasteiger partial charge in [-0.2, -0.15) is 8.78 Å². The van der Waals surface area contributed by atoms with Gasteiger partial charge in [0.2, 0.25) is 0 Å². The lowest BCUT2D eigenvalue weighted by atomic mass is 9.45. The molecule has 2 atom stereocenters. The van der Waals surface area contributed by atoms with Gasteiger partial charge in [-0.05, 0) is 55.8 Å². The quantitative estimate of drug-likeness (QED) is 0.580. The molecule has 5 nitrogen and oxygen atoms in total. The predicted molar refractivity (Wildman–Crippen MR) is 70.8 cm³/mol. The van der Waals surface area contributed by atoms with Crippen LogP contribution in [0.4, 0.5) is 8.78 Å². The lowest BCUT2D eigenvalue weighted by molar-refractivity contribution is -0.177. The third-order valence-corrected chi connectivity index (χ3v) is 6.33. The molecule has 0 aromatic rings. The van der Waals surface area contributed by atoms with Crippen LogP contribution < -0.4 is 0 Å². The van der Waals surface area contributed by atoms with Crippen molar-refractivity contribution in [2.75, 3.05) is 6.61 Å². The lowest BCUT2D eigenvalue weighted by Gasteiger charge is -2.61. The maximum absolute atomic E-state index is 13.2. The first kappa shape index (κ1) is 16.1. The van der Waals surface area contributed by atoms with E-state index < -0.39 is 21.3 Å². The summed E-state index contributed by atoms with van der Waals surface area (Å²) in [5.74, 6) is -1.20. The lowest BCUT2D eigenvalue weighted by Crippen LogP contribution is -2.53. The standard InChI is InChI=1S/C14H20F2O5S/c1-12-3-9-2-10(4-12)6-13(5-9,7-12)8-21-11(17)14(15,16)22(18,19)20/h9-10H,2-8H2,1H3,(H,18,19,20)/p-1. The maximum Gasteiger partial charge on any atom is 0.428 e. The Morgan fingerprint density at radius 1 is 1.27 bits per heavy atom.